The summed E-state index contributed by atoms with van der Waals surface area (Å²) < 4.78 is 13.9. The first-order chi connectivity index (χ1) is 8.08. The third-order valence-electron chi connectivity index (χ3n) is 3.89. The molecule has 1 aromatic carbocycles. The van der Waals surface area contributed by atoms with Crippen molar-refractivity contribution in [3.05, 3.63) is 34.1 Å². The maximum Gasteiger partial charge on any atom is 0.124 e. The van der Waals surface area contributed by atoms with Crippen molar-refractivity contribution in [3.63, 3.8) is 0 Å². The summed E-state index contributed by atoms with van der Waals surface area (Å²) in [5.41, 5.74) is 1.17. The lowest BCUT2D eigenvalue weighted by atomic mass is 9.92. The summed E-state index contributed by atoms with van der Waals surface area (Å²) >= 11 is 3.44. The molecule has 1 saturated heterocycles. The van der Waals surface area contributed by atoms with Gasteiger partial charge in [-0.3, -0.25) is 4.90 Å². The van der Waals surface area contributed by atoms with Crippen LogP contribution in [0.25, 0.3) is 0 Å². The average molecular weight is 300 g/mol. The predicted octanol–water partition coefficient (Wildman–Crippen LogP) is 4.21. The van der Waals surface area contributed by atoms with Crippen molar-refractivity contribution in [2.24, 2.45) is 5.92 Å². The van der Waals surface area contributed by atoms with E-state index in [-0.39, 0.29) is 5.82 Å². The molecule has 1 aliphatic rings. The number of hydrogen-bond donors (Lipinski definition) is 0. The lowest BCUT2D eigenvalue weighted by molar-refractivity contribution is 0.106. The molecule has 17 heavy (non-hydrogen) atoms. The van der Waals surface area contributed by atoms with Crippen molar-refractivity contribution >= 4 is 15.9 Å². The van der Waals surface area contributed by atoms with Crippen LogP contribution in [0.3, 0.4) is 0 Å². The predicted molar refractivity (Wildman–Crippen MR) is 72.4 cm³/mol. The topological polar surface area (TPSA) is 3.24 Å². The van der Waals surface area contributed by atoms with Crippen LogP contribution in [0.5, 0.6) is 0 Å². The van der Waals surface area contributed by atoms with E-state index in [0.29, 0.717) is 6.04 Å². The Morgan fingerprint density at radius 2 is 2.18 bits per heavy atom. The summed E-state index contributed by atoms with van der Waals surface area (Å²) in [4.78, 5) is 2.49. The molecule has 2 atom stereocenters. The van der Waals surface area contributed by atoms with Gasteiger partial charge < -0.3 is 0 Å². The summed E-state index contributed by atoms with van der Waals surface area (Å²) in [6.45, 7) is 6.67. The lowest BCUT2D eigenvalue weighted by Crippen LogP contribution is -2.41. The zero-order valence-electron chi connectivity index (χ0n) is 10.4. The van der Waals surface area contributed by atoms with Crippen molar-refractivity contribution in [2.45, 2.75) is 39.3 Å². The number of piperidine rings is 1. The molecule has 1 fully saturated rings. The highest BCUT2D eigenvalue weighted by atomic mass is 79.9. The van der Waals surface area contributed by atoms with Crippen LogP contribution in [0, 0.1) is 11.7 Å². The Morgan fingerprint density at radius 1 is 1.41 bits per heavy atom. The van der Waals surface area contributed by atoms with Crippen LogP contribution in [0.2, 0.25) is 0 Å². The fourth-order valence-corrected chi connectivity index (χ4v) is 2.99. The molecule has 1 aromatic rings. The first-order valence-corrected chi connectivity index (χ1v) is 7.05. The molecule has 0 saturated carbocycles. The Hall–Kier alpha value is -0.410. The van der Waals surface area contributed by atoms with Crippen LogP contribution in [0.15, 0.2) is 22.7 Å². The first-order valence-electron chi connectivity index (χ1n) is 6.26. The molecule has 0 N–H and O–H groups in total. The van der Waals surface area contributed by atoms with Gasteiger partial charge in [0.1, 0.15) is 5.82 Å². The normalized spacial score (nSPS) is 26.1. The number of nitrogens with zero attached hydrogens (tertiary/aromatic N) is 1. The third kappa shape index (κ3) is 3.08. The SMILES string of the molecule is CC1CCCN(Cc2ccc(F)cc2Br)C1C. The van der Waals surface area contributed by atoms with Gasteiger partial charge in [-0.05, 0) is 49.9 Å². The van der Waals surface area contributed by atoms with Crippen LogP contribution < -0.4 is 0 Å². The van der Waals surface area contributed by atoms with Crippen molar-refractivity contribution < 1.29 is 4.39 Å². The van der Waals surface area contributed by atoms with Crippen molar-refractivity contribution in [1.29, 1.82) is 0 Å². The monoisotopic (exact) mass is 299 g/mol. The Balaban J connectivity index is 2.09. The van der Waals surface area contributed by atoms with Gasteiger partial charge in [0.15, 0.2) is 0 Å². The fraction of sp³-hybridized carbons (Fsp3) is 0.571. The molecule has 3 heteroatoms. The molecular weight excluding hydrogens is 281 g/mol. The van der Waals surface area contributed by atoms with Crippen LogP contribution >= 0.6 is 15.9 Å². The Morgan fingerprint density at radius 3 is 2.88 bits per heavy atom. The van der Waals surface area contributed by atoms with Gasteiger partial charge in [0.05, 0.1) is 0 Å². The highest BCUT2D eigenvalue weighted by Crippen LogP contribution is 2.27. The zero-order valence-corrected chi connectivity index (χ0v) is 12.0. The summed E-state index contributed by atoms with van der Waals surface area (Å²) in [5.74, 6) is 0.573. The second kappa shape index (κ2) is 5.49. The standard InChI is InChI=1S/C14H19BrFN/c1-10-4-3-7-17(11(10)2)9-12-5-6-13(16)8-14(12)15/h5-6,8,10-11H,3-4,7,9H2,1-2H3. The van der Waals surface area contributed by atoms with E-state index in [9.17, 15) is 4.39 Å². The molecule has 0 amide bonds. The highest BCUT2D eigenvalue weighted by molar-refractivity contribution is 9.10. The van der Waals surface area contributed by atoms with Crippen molar-refractivity contribution in [1.82, 2.24) is 4.90 Å². The average Bonchev–Trinajstić information content (AvgIpc) is 2.28. The van der Waals surface area contributed by atoms with Crippen LogP contribution in [-0.2, 0) is 6.54 Å². The summed E-state index contributed by atoms with van der Waals surface area (Å²) in [6.07, 6.45) is 2.59. The summed E-state index contributed by atoms with van der Waals surface area (Å²) in [5, 5.41) is 0. The molecule has 0 radical (unpaired) electrons. The number of benzene rings is 1. The Labute approximate surface area is 111 Å². The molecule has 0 aliphatic carbocycles. The van der Waals surface area contributed by atoms with Gasteiger partial charge >= 0.3 is 0 Å². The zero-order chi connectivity index (χ0) is 12.4. The maximum atomic E-state index is 13.0. The number of hydrogen-bond acceptors (Lipinski definition) is 1. The van der Waals surface area contributed by atoms with E-state index in [1.165, 1.54) is 24.5 Å². The molecule has 1 aliphatic heterocycles. The molecule has 2 unspecified atom stereocenters. The Kier molecular flexibility index (Phi) is 4.21. The fourth-order valence-electron chi connectivity index (χ4n) is 2.51. The van der Waals surface area contributed by atoms with E-state index in [4.69, 9.17) is 0 Å². The molecule has 0 spiro atoms. The molecular formula is C14H19BrFN. The van der Waals surface area contributed by atoms with E-state index in [0.717, 1.165) is 23.5 Å². The van der Waals surface area contributed by atoms with Gasteiger partial charge in [0.2, 0.25) is 0 Å². The van der Waals surface area contributed by atoms with Gasteiger partial charge in [0.25, 0.3) is 0 Å². The molecule has 94 valence electrons. The van der Waals surface area contributed by atoms with E-state index in [1.54, 1.807) is 6.07 Å². The second-order valence-corrected chi connectivity index (χ2v) is 5.92. The highest BCUT2D eigenvalue weighted by Gasteiger charge is 2.24. The van der Waals surface area contributed by atoms with E-state index >= 15 is 0 Å². The Bertz CT molecular complexity index is 394. The van der Waals surface area contributed by atoms with Gasteiger partial charge in [0, 0.05) is 17.1 Å². The maximum absolute atomic E-state index is 13.0. The molecule has 1 nitrogen and oxygen atoms in total. The largest absolute Gasteiger partial charge is 0.296 e. The van der Waals surface area contributed by atoms with Crippen LogP contribution in [0.4, 0.5) is 4.39 Å². The minimum atomic E-state index is -0.180. The summed E-state index contributed by atoms with van der Waals surface area (Å²) in [6, 6.07) is 5.58. The molecule has 0 bridgehead atoms. The molecule has 1 heterocycles. The van der Waals surface area contributed by atoms with Crippen molar-refractivity contribution in [3.8, 4) is 0 Å². The van der Waals surface area contributed by atoms with Gasteiger partial charge in [-0.1, -0.05) is 28.9 Å². The van der Waals surface area contributed by atoms with E-state index in [1.807, 2.05) is 6.07 Å². The second-order valence-electron chi connectivity index (χ2n) is 5.07. The van der Waals surface area contributed by atoms with Crippen LogP contribution in [-0.4, -0.2) is 17.5 Å². The third-order valence-corrected chi connectivity index (χ3v) is 4.63. The lowest BCUT2D eigenvalue weighted by Gasteiger charge is -2.38. The minimum Gasteiger partial charge on any atom is -0.296 e. The molecule has 0 aromatic heterocycles. The summed E-state index contributed by atoms with van der Waals surface area (Å²) in [7, 11) is 0. The number of rotatable bonds is 2. The smallest absolute Gasteiger partial charge is 0.124 e. The van der Waals surface area contributed by atoms with E-state index in [2.05, 4.69) is 34.7 Å². The number of halogens is 2. The van der Waals surface area contributed by atoms with E-state index < -0.39 is 0 Å². The van der Waals surface area contributed by atoms with Gasteiger partial charge in [-0.25, -0.2) is 4.39 Å². The quantitative estimate of drug-likeness (QED) is 0.791. The number of likely N-dealkylation sites (tertiary alicyclic amines) is 1. The van der Waals surface area contributed by atoms with Gasteiger partial charge in [-0.2, -0.15) is 0 Å². The first kappa shape index (κ1) is 13.0. The van der Waals surface area contributed by atoms with Gasteiger partial charge in [-0.15, -0.1) is 0 Å². The minimum absolute atomic E-state index is 0.180. The van der Waals surface area contributed by atoms with Crippen LogP contribution in [0.1, 0.15) is 32.3 Å². The van der Waals surface area contributed by atoms with Crippen molar-refractivity contribution in [2.75, 3.05) is 6.54 Å². The molecule has 2 rings (SSSR count).